The predicted octanol–water partition coefficient (Wildman–Crippen LogP) is 4.93. The zero-order chi connectivity index (χ0) is 20.1. The van der Waals surface area contributed by atoms with Gasteiger partial charge in [-0.15, -0.1) is 0 Å². The average molecular weight is 370 g/mol. The Morgan fingerprint density at radius 3 is 2.26 bits per heavy atom. The number of amides is 1. The molecule has 0 saturated heterocycles. The third-order valence-corrected chi connectivity index (χ3v) is 4.83. The summed E-state index contributed by atoms with van der Waals surface area (Å²) in [6.07, 6.45) is 1.92. The smallest absolute Gasteiger partial charge is 0.227 e. The minimum atomic E-state index is -0.151. The largest absolute Gasteiger partial charge is 0.326 e. The van der Waals surface area contributed by atoms with Gasteiger partial charge in [-0.05, 0) is 41.4 Å². The number of fused-ring (bicyclic) bond motifs is 1. The number of carbonyl (C=O) groups excluding carboxylic acids is 2. The fourth-order valence-corrected chi connectivity index (χ4v) is 3.38. The number of hydrogen-bond donors (Lipinski definition) is 1. The number of ketones is 1. The zero-order valence-corrected chi connectivity index (χ0v) is 17.6. The normalized spacial score (nSPS) is 15.2. The quantitative estimate of drug-likeness (QED) is 0.777. The van der Waals surface area contributed by atoms with Gasteiger partial charge >= 0.3 is 0 Å². The highest BCUT2D eigenvalue weighted by molar-refractivity contribution is 6.07. The van der Waals surface area contributed by atoms with Crippen LogP contribution in [0.5, 0.6) is 0 Å². The van der Waals surface area contributed by atoms with Gasteiger partial charge in [0.05, 0.1) is 5.52 Å². The fraction of sp³-hybridized carbons (Fsp3) is 0.591. The van der Waals surface area contributed by atoms with E-state index >= 15 is 0 Å². The first-order valence-corrected chi connectivity index (χ1v) is 9.74. The molecule has 1 saturated carbocycles. The Kier molecular flexibility index (Phi) is 4.69. The van der Waals surface area contributed by atoms with Crippen LogP contribution in [0.3, 0.4) is 0 Å². The van der Waals surface area contributed by atoms with Crippen LogP contribution >= 0.6 is 0 Å². The van der Waals surface area contributed by atoms with Crippen molar-refractivity contribution in [1.82, 2.24) is 9.78 Å². The number of rotatable bonds is 4. The number of nitrogens with zero attached hydrogens (tertiary/aromatic N) is 2. The standard InChI is InChI=1S/C22H31N3O2/c1-13(26)18-16-10-15(23-20(27)14-8-9-14)11-17(22(5,6)7)19(16)25(24-18)12-21(2,3)4/h10-11,14H,8-9,12H2,1-7H3,(H,23,27). The van der Waals surface area contributed by atoms with Gasteiger partial charge in [-0.25, -0.2) is 0 Å². The van der Waals surface area contributed by atoms with Gasteiger partial charge in [-0.1, -0.05) is 41.5 Å². The molecule has 0 atom stereocenters. The summed E-state index contributed by atoms with van der Waals surface area (Å²) >= 11 is 0. The van der Waals surface area contributed by atoms with Crippen molar-refractivity contribution in [3.8, 4) is 0 Å². The lowest BCUT2D eigenvalue weighted by Crippen LogP contribution is -2.20. The van der Waals surface area contributed by atoms with Crippen LogP contribution in [0.1, 0.15) is 77.4 Å². The molecule has 3 rings (SSSR count). The predicted molar refractivity (Wildman–Crippen MR) is 109 cm³/mol. The highest BCUT2D eigenvalue weighted by Crippen LogP contribution is 2.37. The van der Waals surface area contributed by atoms with E-state index in [1.54, 1.807) is 6.92 Å². The molecule has 1 aromatic carbocycles. The molecule has 1 N–H and O–H groups in total. The first kappa shape index (κ1) is 19.6. The summed E-state index contributed by atoms with van der Waals surface area (Å²) < 4.78 is 1.97. The number of hydrogen-bond acceptors (Lipinski definition) is 3. The second kappa shape index (κ2) is 6.47. The fourth-order valence-electron chi connectivity index (χ4n) is 3.38. The van der Waals surface area contributed by atoms with E-state index in [-0.39, 0.29) is 28.4 Å². The molecular weight excluding hydrogens is 338 g/mol. The molecule has 1 heterocycles. The third-order valence-electron chi connectivity index (χ3n) is 4.83. The molecule has 0 spiro atoms. The van der Waals surface area contributed by atoms with Crippen LogP contribution in [-0.4, -0.2) is 21.5 Å². The van der Waals surface area contributed by atoms with E-state index < -0.39 is 0 Å². The van der Waals surface area contributed by atoms with Gasteiger partial charge in [0, 0.05) is 30.5 Å². The Labute approximate surface area is 161 Å². The Morgan fingerprint density at radius 2 is 1.78 bits per heavy atom. The molecule has 1 aliphatic carbocycles. The molecule has 5 nitrogen and oxygen atoms in total. The second-order valence-corrected chi connectivity index (χ2v) is 10.1. The van der Waals surface area contributed by atoms with E-state index in [0.29, 0.717) is 12.2 Å². The van der Waals surface area contributed by atoms with Crippen molar-refractivity contribution in [3.63, 3.8) is 0 Å². The lowest BCUT2D eigenvalue weighted by molar-refractivity contribution is -0.117. The summed E-state index contributed by atoms with van der Waals surface area (Å²) in [5.74, 6) is 0.147. The second-order valence-electron chi connectivity index (χ2n) is 10.1. The molecule has 0 bridgehead atoms. The van der Waals surface area contributed by atoms with Crippen LogP contribution in [0, 0.1) is 11.3 Å². The maximum atomic E-state index is 12.3. The van der Waals surface area contributed by atoms with Crippen molar-refractivity contribution in [2.45, 2.75) is 73.3 Å². The molecule has 146 valence electrons. The number of Topliss-reactive ketones (excluding diaryl/α,β-unsaturated/α-hetero) is 1. The summed E-state index contributed by atoms with van der Waals surface area (Å²) in [6.45, 7) is 15.2. The molecule has 1 aliphatic rings. The lowest BCUT2D eigenvalue weighted by atomic mass is 9.84. The van der Waals surface area contributed by atoms with Gasteiger partial charge in [-0.2, -0.15) is 5.10 Å². The van der Waals surface area contributed by atoms with Crippen molar-refractivity contribution in [2.24, 2.45) is 11.3 Å². The van der Waals surface area contributed by atoms with E-state index in [9.17, 15) is 9.59 Å². The van der Waals surface area contributed by atoms with Crippen molar-refractivity contribution in [2.75, 3.05) is 5.32 Å². The highest BCUT2D eigenvalue weighted by atomic mass is 16.2. The topological polar surface area (TPSA) is 64.0 Å². The monoisotopic (exact) mass is 369 g/mol. The molecule has 27 heavy (non-hydrogen) atoms. The minimum absolute atomic E-state index is 0.0288. The van der Waals surface area contributed by atoms with Crippen LogP contribution < -0.4 is 5.32 Å². The number of nitrogens with one attached hydrogen (secondary N) is 1. The third kappa shape index (κ3) is 4.23. The maximum absolute atomic E-state index is 12.3. The van der Waals surface area contributed by atoms with Crippen LogP contribution in [0.15, 0.2) is 12.1 Å². The first-order chi connectivity index (χ1) is 12.4. The summed E-state index contributed by atoms with van der Waals surface area (Å²) in [5.41, 5.74) is 3.19. The summed E-state index contributed by atoms with van der Waals surface area (Å²) in [5, 5.41) is 8.54. The molecule has 0 radical (unpaired) electrons. The Balaban J connectivity index is 2.23. The van der Waals surface area contributed by atoms with Gasteiger partial charge in [0.2, 0.25) is 5.91 Å². The van der Waals surface area contributed by atoms with Crippen molar-refractivity contribution < 1.29 is 9.59 Å². The zero-order valence-electron chi connectivity index (χ0n) is 17.6. The van der Waals surface area contributed by atoms with Crippen LogP contribution in [0.25, 0.3) is 10.9 Å². The summed E-state index contributed by atoms with van der Waals surface area (Å²) in [4.78, 5) is 24.6. The molecule has 1 fully saturated rings. The van der Waals surface area contributed by atoms with E-state index in [1.165, 1.54) is 0 Å². The molecule has 0 unspecified atom stereocenters. The minimum Gasteiger partial charge on any atom is -0.326 e. The van der Waals surface area contributed by atoms with Crippen LogP contribution in [-0.2, 0) is 16.8 Å². The van der Waals surface area contributed by atoms with Crippen molar-refractivity contribution in [3.05, 3.63) is 23.4 Å². The van der Waals surface area contributed by atoms with Crippen molar-refractivity contribution >= 4 is 28.3 Å². The highest BCUT2D eigenvalue weighted by Gasteiger charge is 2.31. The van der Waals surface area contributed by atoms with E-state index in [1.807, 2.05) is 16.8 Å². The lowest BCUT2D eigenvalue weighted by Gasteiger charge is -2.25. The van der Waals surface area contributed by atoms with E-state index in [2.05, 4.69) is 52.0 Å². The van der Waals surface area contributed by atoms with Gasteiger partial charge in [0.25, 0.3) is 0 Å². The van der Waals surface area contributed by atoms with E-state index in [4.69, 9.17) is 0 Å². The Bertz CT molecular complexity index is 906. The molecule has 1 amide bonds. The average Bonchev–Trinajstić information content (AvgIpc) is 3.28. The molecule has 0 aliphatic heterocycles. The summed E-state index contributed by atoms with van der Waals surface area (Å²) in [7, 11) is 0. The number of benzene rings is 1. The van der Waals surface area contributed by atoms with Gasteiger partial charge in [0.1, 0.15) is 5.69 Å². The first-order valence-electron chi connectivity index (χ1n) is 9.74. The van der Waals surface area contributed by atoms with Gasteiger partial charge in [-0.3, -0.25) is 14.3 Å². The molecular formula is C22H31N3O2. The number of anilines is 1. The van der Waals surface area contributed by atoms with Crippen molar-refractivity contribution in [1.29, 1.82) is 0 Å². The Hall–Kier alpha value is -2.17. The van der Waals surface area contributed by atoms with E-state index in [0.717, 1.165) is 35.0 Å². The number of carbonyl (C=O) groups is 2. The number of aromatic nitrogens is 2. The van der Waals surface area contributed by atoms with Gasteiger partial charge in [0.15, 0.2) is 5.78 Å². The maximum Gasteiger partial charge on any atom is 0.227 e. The van der Waals surface area contributed by atoms with Crippen LogP contribution in [0.4, 0.5) is 5.69 Å². The molecule has 2 aromatic rings. The SMILES string of the molecule is CC(=O)c1nn(CC(C)(C)C)c2c(C(C)(C)C)cc(NC(=O)C3CC3)cc12. The molecule has 5 heteroatoms. The summed E-state index contributed by atoms with van der Waals surface area (Å²) in [6, 6.07) is 3.96. The Morgan fingerprint density at radius 1 is 1.15 bits per heavy atom. The molecule has 1 aromatic heterocycles. The van der Waals surface area contributed by atoms with Crippen LogP contribution in [0.2, 0.25) is 0 Å². The van der Waals surface area contributed by atoms with Gasteiger partial charge < -0.3 is 5.32 Å².